The molecule has 1 amide bonds. The normalized spacial score (nSPS) is 14.8. The first kappa shape index (κ1) is 18.4. The summed E-state index contributed by atoms with van der Waals surface area (Å²) in [4.78, 5) is 31.6. The SMILES string of the molecule is COC(=O)c1ccccc1NC(=O)C1CCN(c2nc3ccccc3s2)CC1. The van der Waals surface area contributed by atoms with Crippen LogP contribution in [0.4, 0.5) is 10.8 Å². The lowest BCUT2D eigenvalue weighted by Gasteiger charge is -2.31. The Morgan fingerprint density at radius 3 is 2.57 bits per heavy atom. The Labute approximate surface area is 167 Å². The molecule has 2 heterocycles. The lowest BCUT2D eigenvalue weighted by Crippen LogP contribution is -2.38. The number of anilines is 2. The maximum atomic E-state index is 12.7. The highest BCUT2D eigenvalue weighted by atomic mass is 32.1. The Kier molecular flexibility index (Phi) is 5.25. The van der Waals surface area contributed by atoms with E-state index in [1.807, 2.05) is 18.2 Å². The molecular weight excluding hydrogens is 374 g/mol. The minimum Gasteiger partial charge on any atom is -0.465 e. The predicted octanol–water partition coefficient (Wildman–Crippen LogP) is 3.94. The second-order valence-corrected chi connectivity index (χ2v) is 7.76. The van der Waals surface area contributed by atoms with Crippen LogP contribution >= 0.6 is 11.3 Å². The molecule has 6 nitrogen and oxygen atoms in total. The first-order chi connectivity index (χ1) is 13.7. The average molecular weight is 395 g/mol. The zero-order valence-electron chi connectivity index (χ0n) is 15.6. The smallest absolute Gasteiger partial charge is 0.339 e. The number of fused-ring (bicyclic) bond motifs is 1. The summed E-state index contributed by atoms with van der Waals surface area (Å²) in [6.07, 6.45) is 1.50. The van der Waals surface area contributed by atoms with Crippen molar-refractivity contribution in [2.75, 3.05) is 30.4 Å². The molecule has 7 heteroatoms. The van der Waals surface area contributed by atoms with Gasteiger partial charge in [0, 0.05) is 19.0 Å². The molecule has 0 unspecified atom stereocenters. The third-order valence-corrected chi connectivity index (χ3v) is 6.11. The van der Waals surface area contributed by atoms with Crippen LogP contribution in [0, 0.1) is 5.92 Å². The van der Waals surface area contributed by atoms with E-state index in [-0.39, 0.29) is 11.8 Å². The highest BCUT2D eigenvalue weighted by Gasteiger charge is 2.27. The van der Waals surface area contributed by atoms with Gasteiger partial charge in [-0.2, -0.15) is 0 Å². The van der Waals surface area contributed by atoms with Crippen molar-refractivity contribution in [3.8, 4) is 0 Å². The van der Waals surface area contributed by atoms with Gasteiger partial charge in [0.05, 0.1) is 28.6 Å². The fourth-order valence-electron chi connectivity index (χ4n) is 3.44. The molecule has 0 atom stereocenters. The lowest BCUT2D eigenvalue weighted by molar-refractivity contribution is -0.120. The zero-order valence-corrected chi connectivity index (χ0v) is 16.4. The number of benzene rings is 2. The van der Waals surface area contributed by atoms with Crippen LogP contribution in [0.25, 0.3) is 10.2 Å². The fraction of sp³-hybridized carbons (Fsp3) is 0.286. The molecule has 3 aromatic rings. The van der Waals surface area contributed by atoms with Crippen molar-refractivity contribution in [3.63, 3.8) is 0 Å². The summed E-state index contributed by atoms with van der Waals surface area (Å²) in [5.41, 5.74) is 1.87. The van der Waals surface area contributed by atoms with Crippen molar-refractivity contribution >= 4 is 44.2 Å². The van der Waals surface area contributed by atoms with Gasteiger partial charge in [0.2, 0.25) is 5.91 Å². The average Bonchev–Trinajstić information content (AvgIpc) is 3.18. The number of rotatable bonds is 4. The molecule has 1 aromatic heterocycles. The van der Waals surface area contributed by atoms with E-state index >= 15 is 0 Å². The van der Waals surface area contributed by atoms with Gasteiger partial charge in [0.25, 0.3) is 0 Å². The largest absolute Gasteiger partial charge is 0.465 e. The molecule has 2 aromatic carbocycles. The molecule has 1 aliphatic rings. The Bertz CT molecular complexity index is 976. The van der Waals surface area contributed by atoms with Crippen LogP contribution in [-0.4, -0.2) is 37.1 Å². The van der Waals surface area contributed by atoms with Gasteiger partial charge in [0.1, 0.15) is 0 Å². The summed E-state index contributed by atoms with van der Waals surface area (Å²) in [7, 11) is 1.33. The van der Waals surface area contributed by atoms with Gasteiger partial charge in [-0.25, -0.2) is 9.78 Å². The summed E-state index contributed by atoms with van der Waals surface area (Å²) in [6.45, 7) is 1.58. The van der Waals surface area contributed by atoms with E-state index in [0.29, 0.717) is 11.3 Å². The van der Waals surface area contributed by atoms with Gasteiger partial charge >= 0.3 is 5.97 Å². The number of hydrogen-bond donors (Lipinski definition) is 1. The van der Waals surface area contributed by atoms with E-state index in [1.165, 1.54) is 11.8 Å². The van der Waals surface area contributed by atoms with Crippen LogP contribution in [0.1, 0.15) is 23.2 Å². The summed E-state index contributed by atoms with van der Waals surface area (Å²) in [5.74, 6) is -0.599. The third-order valence-electron chi connectivity index (χ3n) is 5.01. The van der Waals surface area contributed by atoms with Crippen molar-refractivity contribution in [1.82, 2.24) is 4.98 Å². The van der Waals surface area contributed by atoms with E-state index in [4.69, 9.17) is 9.72 Å². The lowest BCUT2D eigenvalue weighted by atomic mass is 9.96. The maximum absolute atomic E-state index is 12.7. The van der Waals surface area contributed by atoms with Crippen LogP contribution < -0.4 is 10.2 Å². The number of para-hydroxylation sites is 2. The van der Waals surface area contributed by atoms with Gasteiger partial charge in [-0.1, -0.05) is 35.6 Å². The van der Waals surface area contributed by atoms with Crippen LogP contribution in [0.2, 0.25) is 0 Å². The van der Waals surface area contributed by atoms with Gasteiger partial charge in [0.15, 0.2) is 5.13 Å². The topological polar surface area (TPSA) is 71.5 Å². The molecule has 1 aliphatic heterocycles. The van der Waals surface area contributed by atoms with Gasteiger partial charge < -0.3 is 15.0 Å². The first-order valence-corrected chi connectivity index (χ1v) is 10.1. The summed E-state index contributed by atoms with van der Waals surface area (Å²) in [6, 6.07) is 15.0. The molecular formula is C21H21N3O3S. The van der Waals surface area contributed by atoms with Crippen LogP contribution in [0.5, 0.6) is 0 Å². The number of hydrogen-bond acceptors (Lipinski definition) is 6. The number of methoxy groups -OCH3 is 1. The van der Waals surface area contributed by atoms with Crippen LogP contribution in [-0.2, 0) is 9.53 Å². The Balaban J connectivity index is 1.40. The molecule has 28 heavy (non-hydrogen) atoms. The van der Waals surface area contributed by atoms with E-state index in [0.717, 1.165) is 36.6 Å². The van der Waals surface area contributed by atoms with Crippen LogP contribution in [0.3, 0.4) is 0 Å². The van der Waals surface area contributed by atoms with Crippen molar-refractivity contribution in [2.45, 2.75) is 12.8 Å². The molecule has 0 radical (unpaired) electrons. The van der Waals surface area contributed by atoms with E-state index < -0.39 is 5.97 Å². The molecule has 0 spiro atoms. The summed E-state index contributed by atoms with van der Waals surface area (Å²) in [5, 5.41) is 3.91. The highest BCUT2D eigenvalue weighted by molar-refractivity contribution is 7.22. The highest BCUT2D eigenvalue weighted by Crippen LogP contribution is 2.31. The first-order valence-electron chi connectivity index (χ1n) is 9.24. The number of aromatic nitrogens is 1. The van der Waals surface area contributed by atoms with Gasteiger partial charge in [-0.3, -0.25) is 4.79 Å². The number of carbonyl (C=O) groups excluding carboxylic acids is 2. The number of nitrogens with zero attached hydrogens (tertiary/aromatic N) is 2. The molecule has 1 fully saturated rings. The van der Waals surface area contributed by atoms with Crippen molar-refractivity contribution in [1.29, 1.82) is 0 Å². The minimum atomic E-state index is -0.457. The number of ether oxygens (including phenoxy) is 1. The van der Waals surface area contributed by atoms with Crippen molar-refractivity contribution < 1.29 is 14.3 Å². The van der Waals surface area contributed by atoms with Gasteiger partial charge in [-0.05, 0) is 37.1 Å². The molecule has 0 aliphatic carbocycles. The monoisotopic (exact) mass is 395 g/mol. The number of esters is 1. The predicted molar refractivity (Wildman–Crippen MR) is 111 cm³/mol. The molecule has 1 saturated heterocycles. The third kappa shape index (κ3) is 3.71. The zero-order chi connectivity index (χ0) is 19.5. The fourth-order valence-corrected chi connectivity index (χ4v) is 4.46. The quantitative estimate of drug-likeness (QED) is 0.678. The molecule has 0 bridgehead atoms. The maximum Gasteiger partial charge on any atom is 0.339 e. The number of carbonyl (C=O) groups is 2. The Morgan fingerprint density at radius 1 is 1.11 bits per heavy atom. The number of thiazole rings is 1. The second-order valence-electron chi connectivity index (χ2n) is 6.75. The van der Waals surface area contributed by atoms with E-state index in [1.54, 1.807) is 35.6 Å². The Hall–Kier alpha value is -2.93. The van der Waals surface area contributed by atoms with Crippen molar-refractivity contribution in [3.05, 3.63) is 54.1 Å². The molecule has 4 rings (SSSR count). The second kappa shape index (κ2) is 7.98. The minimum absolute atomic E-state index is 0.0553. The number of piperidine rings is 1. The van der Waals surface area contributed by atoms with E-state index in [9.17, 15) is 9.59 Å². The molecule has 144 valence electrons. The summed E-state index contributed by atoms with van der Waals surface area (Å²) >= 11 is 1.69. The number of nitrogens with one attached hydrogen (secondary N) is 1. The van der Waals surface area contributed by atoms with Gasteiger partial charge in [-0.15, -0.1) is 0 Å². The standard InChI is InChI=1S/C21H21N3O3S/c1-27-20(26)15-6-2-3-7-16(15)22-19(25)14-10-12-24(13-11-14)21-23-17-8-4-5-9-18(17)28-21/h2-9,14H,10-13H2,1H3,(H,22,25). The van der Waals surface area contributed by atoms with Crippen molar-refractivity contribution in [2.24, 2.45) is 5.92 Å². The molecule has 1 N–H and O–H groups in total. The molecule has 0 saturated carbocycles. The Morgan fingerprint density at radius 2 is 1.82 bits per heavy atom. The summed E-state index contributed by atoms with van der Waals surface area (Å²) < 4.78 is 5.97. The van der Waals surface area contributed by atoms with Crippen LogP contribution in [0.15, 0.2) is 48.5 Å². The number of amides is 1. The van der Waals surface area contributed by atoms with E-state index in [2.05, 4.69) is 16.3 Å².